The molecule has 0 radical (unpaired) electrons. The molecule has 3 amide bonds. The highest BCUT2D eigenvalue weighted by molar-refractivity contribution is 5.92. The summed E-state index contributed by atoms with van der Waals surface area (Å²) in [6, 6.07) is -3.43. The second-order valence-corrected chi connectivity index (χ2v) is 5.95. The standard InChI is InChI=1S/C15H24N6O6/c1-7(20-11(23)5-18-14(25)12(16)8(2)22)13(24)21-10(15(26)27)3-9-4-17-6-19-9/h4,6-8,10,12,22H,3,5,16H2,1-2H3,(H,17,19)(H,18,25)(H,20,23)(H,21,24)(H,26,27). The highest BCUT2D eigenvalue weighted by Gasteiger charge is 2.25. The molecule has 0 aliphatic rings. The Morgan fingerprint density at radius 2 is 1.89 bits per heavy atom. The Labute approximate surface area is 154 Å². The lowest BCUT2D eigenvalue weighted by atomic mass is 10.1. The minimum atomic E-state index is -1.24. The number of hydrogen-bond acceptors (Lipinski definition) is 7. The molecule has 4 atom stereocenters. The van der Waals surface area contributed by atoms with Gasteiger partial charge < -0.3 is 36.9 Å². The van der Waals surface area contributed by atoms with E-state index in [1.54, 1.807) is 0 Å². The lowest BCUT2D eigenvalue weighted by molar-refractivity contribution is -0.142. The number of aliphatic carboxylic acids is 1. The van der Waals surface area contributed by atoms with Crippen LogP contribution < -0.4 is 21.7 Å². The monoisotopic (exact) mass is 384 g/mol. The number of hydrogen-bond donors (Lipinski definition) is 7. The molecule has 0 aromatic carbocycles. The van der Waals surface area contributed by atoms with Crippen LogP contribution >= 0.6 is 0 Å². The number of aliphatic hydroxyl groups is 1. The van der Waals surface area contributed by atoms with Crippen molar-refractivity contribution < 1.29 is 29.4 Å². The van der Waals surface area contributed by atoms with E-state index in [-0.39, 0.29) is 6.42 Å². The second-order valence-electron chi connectivity index (χ2n) is 5.95. The van der Waals surface area contributed by atoms with Crippen LogP contribution in [0.4, 0.5) is 0 Å². The summed E-state index contributed by atoms with van der Waals surface area (Å²) in [7, 11) is 0. The number of carbonyl (C=O) groups is 4. The molecule has 12 nitrogen and oxygen atoms in total. The number of carboxylic acid groups (broad SMARTS) is 1. The van der Waals surface area contributed by atoms with E-state index in [0.29, 0.717) is 5.69 Å². The molecule has 1 heterocycles. The molecule has 12 heteroatoms. The zero-order chi connectivity index (χ0) is 20.6. The fourth-order valence-electron chi connectivity index (χ4n) is 1.98. The molecule has 4 unspecified atom stereocenters. The molecular weight excluding hydrogens is 360 g/mol. The van der Waals surface area contributed by atoms with Crippen molar-refractivity contribution in [2.24, 2.45) is 5.73 Å². The number of rotatable bonds is 10. The molecule has 1 aromatic rings. The number of amides is 3. The van der Waals surface area contributed by atoms with Gasteiger partial charge in [-0.1, -0.05) is 0 Å². The first-order valence-electron chi connectivity index (χ1n) is 8.13. The molecule has 27 heavy (non-hydrogen) atoms. The van der Waals surface area contributed by atoms with Crippen molar-refractivity contribution in [2.45, 2.75) is 44.5 Å². The van der Waals surface area contributed by atoms with Gasteiger partial charge in [-0.2, -0.15) is 0 Å². The normalized spacial score (nSPS) is 15.1. The van der Waals surface area contributed by atoms with Gasteiger partial charge in [-0.25, -0.2) is 9.78 Å². The average Bonchev–Trinajstić information content (AvgIpc) is 3.11. The summed E-state index contributed by atoms with van der Waals surface area (Å²) < 4.78 is 0. The van der Waals surface area contributed by atoms with Gasteiger partial charge in [0.2, 0.25) is 17.7 Å². The number of carbonyl (C=O) groups excluding carboxylic acids is 3. The van der Waals surface area contributed by atoms with Crippen molar-refractivity contribution >= 4 is 23.7 Å². The molecule has 0 saturated carbocycles. The van der Waals surface area contributed by atoms with Crippen LogP contribution in [-0.4, -0.2) is 74.6 Å². The highest BCUT2D eigenvalue weighted by atomic mass is 16.4. The number of aromatic nitrogens is 2. The summed E-state index contributed by atoms with van der Waals surface area (Å²) in [5.74, 6) is -3.34. The molecule has 0 aliphatic heterocycles. The van der Waals surface area contributed by atoms with Gasteiger partial charge in [-0.05, 0) is 13.8 Å². The van der Waals surface area contributed by atoms with Gasteiger partial charge in [0.1, 0.15) is 18.1 Å². The third-order valence-electron chi connectivity index (χ3n) is 3.61. The Morgan fingerprint density at radius 1 is 1.22 bits per heavy atom. The predicted octanol–water partition coefficient (Wildman–Crippen LogP) is -3.15. The smallest absolute Gasteiger partial charge is 0.326 e. The maximum atomic E-state index is 12.1. The summed E-state index contributed by atoms with van der Waals surface area (Å²) in [6.45, 7) is 2.25. The van der Waals surface area contributed by atoms with Crippen LogP contribution in [0.1, 0.15) is 19.5 Å². The Kier molecular flexibility index (Phi) is 8.35. The van der Waals surface area contributed by atoms with Crippen LogP contribution in [-0.2, 0) is 25.6 Å². The molecule has 1 rings (SSSR count). The van der Waals surface area contributed by atoms with Crippen LogP contribution in [0.15, 0.2) is 12.5 Å². The first-order valence-corrected chi connectivity index (χ1v) is 8.13. The van der Waals surface area contributed by atoms with E-state index in [1.807, 2.05) is 0 Å². The van der Waals surface area contributed by atoms with Gasteiger partial charge in [0, 0.05) is 18.3 Å². The third kappa shape index (κ3) is 7.42. The lowest BCUT2D eigenvalue weighted by Gasteiger charge is -2.19. The highest BCUT2D eigenvalue weighted by Crippen LogP contribution is 1.99. The number of imidazole rings is 1. The van der Waals surface area contributed by atoms with Crippen molar-refractivity contribution in [3.63, 3.8) is 0 Å². The largest absolute Gasteiger partial charge is 0.480 e. The number of carboxylic acids is 1. The first-order chi connectivity index (χ1) is 12.6. The van der Waals surface area contributed by atoms with Gasteiger partial charge in [0.15, 0.2) is 0 Å². The minimum Gasteiger partial charge on any atom is -0.480 e. The van der Waals surface area contributed by atoms with Crippen molar-refractivity contribution in [2.75, 3.05) is 6.54 Å². The first kappa shape index (κ1) is 22.1. The maximum Gasteiger partial charge on any atom is 0.326 e. The zero-order valence-electron chi connectivity index (χ0n) is 14.9. The number of nitrogens with two attached hydrogens (primary N) is 1. The molecule has 8 N–H and O–H groups in total. The number of nitrogens with zero attached hydrogens (tertiary/aromatic N) is 1. The summed E-state index contributed by atoms with van der Waals surface area (Å²) in [4.78, 5) is 53.2. The fourth-order valence-corrected chi connectivity index (χ4v) is 1.98. The number of nitrogens with one attached hydrogen (secondary N) is 4. The van der Waals surface area contributed by atoms with Crippen LogP contribution in [0.2, 0.25) is 0 Å². The van der Waals surface area contributed by atoms with Gasteiger partial charge >= 0.3 is 5.97 Å². The molecular formula is C15H24N6O6. The van der Waals surface area contributed by atoms with Crippen molar-refractivity contribution in [1.29, 1.82) is 0 Å². The molecule has 0 fully saturated rings. The summed E-state index contributed by atoms with van der Waals surface area (Å²) in [6.07, 6.45) is 1.74. The summed E-state index contributed by atoms with van der Waals surface area (Å²) in [5.41, 5.74) is 5.94. The number of aliphatic hydroxyl groups excluding tert-OH is 1. The number of H-pyrrole nitrogens is 1. The van der Waals surface area contributed by atoms with Gasteiger partial charge in [-0.3, -0.25) is 14.4 Å². The van der Waals surface area contributed by atoms with E-state index in [4.69, 9.17) is 5.73 Å². The third-order valence-corrected chi connectivity index (χ3v) is 3.61. The molecule has 0 saturated heterocycles. The van der Waals surface area contributed by atoms with E-state index in [2.05, 4.69) is 25.9 Å². The van der Waals surface area contributed by atoms with E-state index in [9.17, 15) is 29.4 Å². The fraction of sp³-hybridized carbons (Fsp3) is 0.533. The maximum absolute atomic E-state index is 12.1. The van der Waals surface area contributed by atoms with Crippen molar-refractivity contribution in [3.8, 4) is 0 Å². The van der Waals surface area contributed by atoms with Crippen molar-refractivity contribution in [1.82, 2.24) is 25.9 Å². The Morgan fingerprint density at radius 3 is 2.41 bits per heavy atom. The van der Waals surface area contributed by atoms with Gasteiger partial charge in [0.25, 0.3) is 0 Å². The second kappa shape index (κ2) is 10.2. The Hall–Kier alpha value is -2.99. The predicted molar refractivity (Wildman–Crippen MR) is 92.1 cm³/mol. The topological polar surface area (TPSA) is 200 Å². The summed E-state index contributed by atoms with van der Waals surface area (Å²) >= 11 is 0. The van der Waals surface area contributed by atoms with Gasteiger partial charge in [0.05, 0.1) is 19.0 Å². The molecule has 0 spiro atoms. The number of aromatic amines is 1. The zero-order valence-corrected chi connectivity index (χ0v) is 14.9. The van der Waals surface area contributed by atoms with E-state index in [0.717, 1.165) is 0 Å². The molecule has 1 aromatic heterocycles. The van der Waals surface area contributed by atoms with E-state index >= 15 is 0 Å². The lowest BCUT2D eigenvalue weighted by Crippen LogP contribution is -2.53. The SMILES string of the molecule is CC(NC(=O)CNC(=O)C(N)C(C)O)C(=O)NC(Cc1cnc[nH]1)C(=O)O. The van der Waals surface area contributed by atoms with Crippen LogP contribution in [0.25, 0.3) is 0 Å². The Bertz CT molecular complexity index is 662. The Balaban J connectivity index is 2.48. The molecule has 0 aliphatic carbocycles. The van der Waals surface area contributed by atoms with Crippen LogP contribution in [0.3, 0.4) is 0 Å². The molecule has 150 valence electrons. The van der Waals surface area contributed by atoms with Gasteiger partial charge in [-0.15, -0.1) is 0 Å². The average molecular weight is 384 g/mol. The minimum absolute atomic E-state index is 0.00493. The van der Waals surface area contributed by atoms with Crippen LogP contribution in [0.5, 0.6) is 0 Å². The van der Waals surface area contributed by atoms with E-state index < -0.39 is 54.5 Å². The quantitative estimate of drug-likeness (QED) is 0.219. The van der Waals surface area contributed by atoms with E-state index in [1.165, 1.54) is 26.4 Å². The summed E-state index contributed by atoms with van der Waals surface area (Å²) in [5, 5.41) is 25.3. The molecule has 0 bridgehead atoms. The van der Waals surface area contributed by atoms with Crippen LogP contribution in [0, 0.1) is 0 Å². The van der Waals surface area contributed by atoms with Crippen molar-refractivity contribution in [3.05, 3.63) is 18.2 Å².